The topological polar surface area (TPSA) is 77.3 Å². The van der Waals surface area contributed by atoms with Crippen LogP contribution in [-0.2, 0) is 11.4 Å². The van der Waals surface area contributed by atoms with Crippen molar-refractivity contribution in [2.45, 2.75) is 25.4 Å². The molecule has 1 fully saturated rings. The molecule has 1 aliphatic heterocycles. The van der Waals surface area contributed by atoms with Gasteiger partial charge in [-0.05, 0) is 66.9 Å². The highest BCUT2D eigenvalue weighted by Gasteiger charge is 2.30. The van der Waals surface area contributed by atoms with Crippen molar-refractivity contribution in [3.8, 4) is 34.1 Å². The molecule has 4 aromatic rings. The Morgan fingerprint density at radius 3 is 2.08 bits per heavy atom. The van der Waals surface area contributed by atoms with Crippen LogP contribution in [0.25, 0.3) is 22.6 Å². The third kappa shape index (κ3) is 6.07. The lowest BCUT2D eigenvalue weighted by atomic mass is 9.97. The molecule has 0 atom stereocenters. The Balaban J connectivity index is 1.29. The van der Waals surface area contributed by atoms with Crippen LogP contribution < -0.4 is 9.47 Å². The van der Waals surface area contributed by atoms with Crippen molar-refractivity contribution < 1.29 is 23.5 Å². The number of methoxy groups -OCH3 is 2. The largest absolute Gasteiger partial charge is 0.497 e. The molecule has 39 heavy (non-hydrogen) atoms. The van der Waals surface area contributed by atoms with Gasteiger partial charge in [0, 0.05) is 37.2 Å². The van der Waals surface area contributed by atoms with Gasteiger partial charge in [-0.15, -0.1) is 0 Å². The molecule has 0 saturated carbocycles. The molecule has 0 radical (unpaired) electrons. The summed E-state index contributed by atoms with van der Waals surface area (Å²) in [5, 5.41) is 1.32. The van der Waals surface area contributed by atoms with E-state index in [0.717, 1.165) is 46.7 Å². The van der Waals surface area contributed by atoms with Crippen molar-refractivity contribution in [1.29, 1.82) is 0 Å². The van der Waals surface area contributed by atoms with Crippen molar-refractivity contribution in [3.05, 3.63) is 90.3 Å². The Hall–Kier alpha value is -4.30. The fourth-order valence-electron chi connectivity index (χ4n) is 4.71. The second-order valence-corrected chi connectivity index (χ2v) is 9.49. The SMILES string of the molecule is COc1ccc(-c2nc(C3CCN(C(=O)N(C)OCc4ccccc4)CC3)oc2-c2ccc(OC)cc2)cc1. The number of aromatic nitrogens is 1. The van der Waals surface area contributed by atoms with E-state index in [4.69, 9.17) is 23.7 Å². The maximum absolute atomic E-state index is 13.0. The van der Waals surface area contributed by atoms with Crippen molar-refractivity contribution in [3.63, 3.8) is 0 Å². The fraction of sp³-hybridized carbons (Fsp3) is 0.290. The van der Waals surface area contributed by atoms with E-state index >= 15 is 0 Å². The van der Waals surface area contributed by atoms with Crippen LogP contribution in [0.2, 0.25) is 0 Å². The molecule has 0 aliphatic carbocycles. The summed E-state index contributed by atoms with van der Waals surface area (Å²) in [6, 6.07) is 25.2. The average Bonchev–Trinajstić information content (AvgIpc) is 3.46. The van der Waals surface area contributed by atoms with Gasteiger partial charge in [0.05, 0.1) is 14.2 Å². The molecule has 1 aliphatic rings. The van der Waals surface area contributed by atoms with Crippen LogP contribution in [-0.4, -0.2) is 55.3 Å². The van der Waals surface area contributed by atoms with E-state index in [1.807, 2.05) is 83.8 Å². The van der Waals surface area contributed by atoms with Gasteiger partial charge in [0.1, 0.15) is 23.8 Å². The lowest BCUT2D eigenvalue weighted by molar-refractivity contribution is -0.119. The van der Waals surface area contributed by atoms with Crippen LogP contribution in [0, 0.1) is 0 Å². The van der Waals surface area contributed by atoms with Crippen molar-refractivity contribution in [2.75, 3.05) is 34.4 Å². The Morgan fingerprint density at radius 2 is 1.49 bits per heavy atom. The highest BCUT2D eigenvalue weighted by atomic mass is 16.7. The number of carbonyl (C=O) groups is 1. The molecule has 2 heterocycles. The van der Waals surface area contributed by atoms with Gasteiger partial charge in [-0.3, -0.25) is 4.84 Å². The normalized spacial score (nSPS) is 13.8. The first kappa shape index (κ1) is 26.3. The van der Waals surface area contributed by atoms with Gasteiger partial charge in [-0.2, -0.15) is 0 Å². The number of nitrogens with zero attached hydrogens (tertiary/aromatic N) is 3. The molecule has 2 amide bonds. The van der Waals surface area contributed by atoms with Gasteiger partial charge >= 0.3 is 6.03 Å². The molecular weight excluding hydrogens is 494 g/mol. The maximum Gasteiger partial charge on any atom is 0.343 e. The third-order valence-corrected chi connectivity index (χ3v) is 7.01. The zero-order valence-corrected chi connectivity index (χ0v) is 22.5. The van der Waals surface area contributed by atoms with Crippen LogP contribution >= 0.6 is 0 Å². The van der Waals surface area contributed by atoms with Gasteiger partial charge in [0.15, 0.2) is 11.7 Å². The Labute approximate surface area is 228 Å². The number of carbonyl (C=O) groups excluding carboxylic acids is 1. The molecular formula is C31H33N3O5. The number of hydrogen-bond acceptors (Lipinski definition) is 6. The maximum atomic E-state index is 13.0. The summed E-state index contributed by atoms with van der Waals surface area (Å²) in [4.78, 5) is 25.4. The fourth-order valence-corrected chi connectivity index (χ4v) is 4.71. The molecule has 3 aromatic carbocycles. The summed E-state index contributed by atoms with van der Waals surface area (Å²) in [6.45, 7) is 1.54. The minimum absolute atomic E-state index is 0.105. The van der Waals surface area contributed by atoms with Gasteiger partial charge < -0.3 is 18.8 Å². The number of rotatable bonds is 8. The van der Waals surface area contributed by atoms with Crippen molar-refractivity contribution >= 4 is 6.03 Å². The van der Waals surface area contributed by atoms with Gasteiger partial charge in [0.2, 0.25) is 0 Å². The minimum Gasteiger partial charge on any atom is -0.497 e. The van der Waals surface area contributed by atoms with E-state index in [-0.39, 0.29) is 11.9 Å². The predicted molar refractivity (Wildman–Crippen MR) is 148 cm³/mol. The number of ether oxygens (including phenoxy) is 2. The molecule has 0 N–H and O–H groups in total. The van der Waals surface area contributed by atoms with Crippen LogP contribution in [0.1, 0.15) is 30.2 Å². The molecule has 5 rings (SSSR count). The quantitative estimate of drug-likeness (QED) is 0.247. The molecule has 8 nitrogen and oxygen atoms in total. The lowest BCUT2D eigenvalue weighted by Gasteiger charge is -2.33. The van der Waals surface area contributed by atoms with E-state index in [2.05, 4.69) is 0 Å². The average molecular weight is 528 g/mol. The molecule has 0 bridgehead atoms. The van der Waals surface area contributed by atoms with E-state index in [9.17, 15) is 4.79 Å². The molecule has 0 unspecified atom stereocenters. The highest BCUT2D eigenvalue weighted by Crippen LogP contribution is 2.38. The van der Waals surface area contributed by atoms with E-state index in [0.29, 0.717) is 31.3 Å². The first-order valence-electron chi connectivity index (χ1n) is 13.0. The summed E-state index contributed by atoms with van der Waals surface area (Å²) in [5.74, 6) is 3.06. The van der Waals surface area contributed by atoms with Crippen LogP contribution in [0.15, 0.2) is 83.3 Å². The van der Waals surface area contributed by atoms with Gasteiger partial charge in [0.25, 0.3) is 0 Å². The summed E-state index contributed by atoms with van der Waals surface area (Å²) < 4.78 is 17.1. The van der Waals surface area contributed by atoms with E-state index < -0.39 is 0 Å². The van der Waals surface area contributed by atoms with Crippen molar-refractivity contribution in [1.82, 2.24) is 14.9 Å². The number of benzene rings is 3. The zero-order valence-electron chi connectivity index (χ0n) is 22.5. The minimum atomic E-state index is -0.144. The zero-order chi connectivity index (χ0) is 27.2. The summed E-state index contributed by atoms with van der Waals surface area (Å²) in [5.41, 5.74) is 3.66. The Kier molecular flexibility index (Phi) is 8.13. The van der Waals surface area contributed by atoms with E-state index in [1.54, 1.807) is 21.3 Å². The predicted octanol–water partition coefficient (Wildman–Crippen LogP) is 6.39. The number of piperidine rings is 1. The third-order valence-electron chi connectivity index (χ3n) is 7.01. The number of amides is 2. The summed E-state index contributed by atoms with van der Waals surface area (Å²) in [7, 11) is 4.96. The van der Waals surface area contributed by atoms with Crippen LogP contribution in [0.4, 0.5) is 4.79 Å². The Morgan fingerprint density at radius 1 is 0.897 bits per heavy atom. The van der Waals surface area contributed by atoms with E-state index in [1.165, 1.54) is 5.06 Å². The second-order valence-electron chi connectivity index (χ2n) is 9.49. The lowest BCUT2D eigenvalue weighted by Crippen LogP contribution is -2.44. The monoisotopic (exact) mass is 527 g/mol. The molecule has 8 heteroatoms. The van der Waals surface area contributed by atoms with Crippen LogP contribution in [0.5, 0.6) is 11.5 Å². The number of hydrogen-bond donors (Lipinski definition) is 0. The number of likely N-dealkylation sites (tertiary alicyclic amines) is 1. The summed E-state index contributed by atoms with van der Waals surface area (Å²) >= 11 is 0. The second kappa shape index (κ2) is 12.0. The molecule has 0 spiro atoms. The highest BCUT2D eigenvalue weighted by molar-refractivity contribution is 5.77. The van der Waals surface area contributed by atoms with Gasteiger partial charge in [-0.25, -0.2) is 14.8 Å². The van der Waals surface area contributed by atoms with Crippen molar-refractivity contribution in [2.24, 2.45) is 0 Å². The summed E-state index contributed by atoms with van der Waals surface area (Å²) in [6.07, 6.45) is 1.51. The molecule has 202 valence electrons. The van der Waals surface area contributed by atoms with Gasteiger partial charge in [-0.1, -0.05) is 30.3 Å². The van der Waals surface area contributed by atoms with Crippen LogP contribution in [0.3, 0.4) is 0 Å². The smallest absolute Gasteiger partial charge is 0.343 e. The Bertz CT molecular complexity index is 1300. The first-order chi connectivity index (χ1) is 19.1. The number of hydroxylamine groups is 2. The number of oxazole rings is 1. The number of urea groups is 1. The standard InChI is InChI=1S/C31H33N3O5/c1-33(38-21-22-7-5-4-6-8-22)31(35)34-19-17-25(18-20-34)30-32-28(23-9-13-26(36-2)14-10-23)29(39-30)24-11-15-27(37-3)16-12-24/h4-16,25H,17-21H2,1-3H3. The molecule has 1 saturated heterocycles. The molecule has 1 aromatic heterocycles. The first-order valence-corrected chi connectivity index (χ1v) is 13.0.